The molecule has 0 aliphatic heterocycles. The maximum atomic E-state index is 12.7. The van der Waals surface area contributed by atoms with Gasteiger partial charge in [-0.15, -0.1) is 21.5 Å². The van der Waals surface area contributed by atoms with Gasteiger partial charge in [0.05, 0.1) is 11.3 Å². The van der Waals surface area contributed by atoms with Crippen LogP contribution in [-0.2, 0) is 31.3 Å². The molecule has 184 valence electrons. The van der Waals surface area contributed by atoms with Crippen molar-refractivity contribution in [3.8, 4) is 11.8 Å². The van der Waals surface area contributed by atoms with Crippen molar-refractivity contribution in [3.63, 3.8) is 0 Å². The Hall–Kier alpha value is -2.83. The first-order valence-corrected chi connectivity index (χ1v) is 13.5. The number of aryl methyl sites for hydroxylation is 1. The van der Waals surface area contributed by atoms with Gasteiger partial charge in [0.2, 0.25) is 5.91 Å². The van der Waals surface area contributed by atoms with Crippen LogP contribution in [0.5, 0.6) is 5.75 Å². The summed E-state index contributed by atoms with van der Waals surface area (Å²) in [5.74, 6) is 2.06. The number of carbonyl (C=O) groups is 1. The third-order valence-corrected chi connectivity index (χ3v) is 8.69. The van der Waals surface area contributed by atoms with Crippen LogP contribution in [0.3, 0.4) is 0 Å². The van der Waals surface area contributed by atoms with Crippen LogP contribution in [0.1, 0.15) is 54.6 Å². The molecule has 0 fully saturated rings. The van der Waals surface area contributed by atoms with E-state index in [1.54, 1.807) is 11.3 Å². The summed E-state index contributed by atoms with van der Waals surface area (Å²) in [7, 11) is 1.86. The number of hydrogen-bond acceptors (Lipinski definition) is 7. The summed E-state index contributed by atoms with van der Waals surface area (Å²) in [5, 5.41) is 22.5. The molecule has 0 radical (unpaired) electrons. The number of nitriles is 1. The zero-order chi connectivity index (χ0) is 25.2. The molecule has 1 aliphatic carbocycles. The number of thiophene rings is 1. The quantitative estimate of drug-likeness (QED) is 0.422. The lowest BCUT2D eigenvalue weighted by atomic mass is 9.72. The zero-order valence-corrected chi connectivity index (χ0v) is 22.5. The van der Waals surface area contributed by atoms with Crippen molar-refractivity contribution in [2.24, 2.45) is 18.4 Å². The first-order valence-electron chi connectivity index (χ1n) is 11.7. The summed E-state index contributed by atoms with van der Waals surface area (Å²) in [6, 6.07) is 10.2. The SMILES string of the molecule is Cc1ccc(OCc2nnc(SCC(=O)Nc3sc4c(c3C#N)CCC(C(C)(C)C)C4)n2C)cc1. The highest BCUT2D eigenvalue weighted by Gasteiger charge is 2.32. The van der Waals surface area contributed by atoms with Gasteiger partial charge in [-0.1, -0.05) is 50.2 Å². The summed E-state index contributed by atoms with van der Waals surface area (Å²) in [6.45, 7) is 9.14. The lowest BCUT2D eigenvalue weighted by Gasteiger charge is -2.33. The number of fused-ring (bicyclic) bond motifs is 1. The molecule has 0 saturated heterocycles. The number of amides is 1. The third-order valence-electron chi connectivity index (χ3n) is 6.50. The van der Waals surface area contributed by atoms with Gasteiger partial charge in [-0.2, -0.15) is 5.26 Å². The molecule has 1 amide bonds. The molecule has 9 heteroatoms. The van der Waals surface area contributed by atoms with Crippen molar-refractivity contribution in [2.75, 3.05) is 11.1 Å². The number of benzene rings is 1. The molecule has 35 heavy (non-hydrogen) atoms. The number of nitrogens with zero attached hydrogens (tertiary/aromatic N) is 4. The van der Waals surface area contributed by atoms with Gasteiger partial charge in [0.25, 0.3) is 0 Å². The van der Waals surface area contributed by atoms with Crippen molar-refractivity contribution in [3.05, 3.63) is 51.7 Å². The van der Waals surface area contributed by atoms with E-state index in [0.717, 1.165) is 30.6 Å². The maximum Gasteiger partial charge on any atom is 0.235 e. The third kappa shape index (κ3) is 5.88. The number of carbonyl (C=O) groups excluding carboxylic acids is 1. The van der Waals surface area contributed by atoms with Crippen molar-refractivity contribution in [1.82, 2.24) is 14.8 Å². The molecule has 1 aliphatic rings. The highest BCUT2D eigenvalue weighted by atomic mass is 32.2. The Balaban J connectivity index is 1.35. The second kappa shape index (κ2) is 10.4. The molecule has 2 aromatic heterocycles. The minimum absolute atomic E-state index is 0.155. The van der Waals surface area contributed by atoms with Gasteiger partial charge in [-0.25, -0.2) is 0 Å². The fraction of sp³-hybridized carbons (Fsp3) is 0.462. The van der Waals surface area contributed by atoms with Gasteiger partial charge in [-0.05, 0) is 55.2 Å². The van der Waals surface area contributed by atoms with Crippen molar-refractivity contribution in [1.29, 1.82) is 5.26 Å². The van der Waals surface area contributed by atoms with E-state index in [2.05, 4.69) is 42.4 Å². The van der Waals surface area contributed by atoms with Crippen LogP contribution in [0.15, 0.2) is 29.4 Å². The average Bonchev–Trinajstić information content (AvgIpc) is 3.35. The van der Waals surface area contributed by atoms with Crippen molar-refractivity contribution in [2.45, 2.75) is 58.7 Å². The molecule has 0 spiro atoms. The molecular formula is C26H31N5O2S2. The second-order valence-corrected chi connectivity index (χ2v) is 12.1. The van der Waals surface area contributed by atoms with E-state index >= 15 is 0 Å². The number of hydrogen-bond donors (Lipinski definition) is 1. The fourth-order valence-electron chi connectivity index (χ4n) is 4.20. The van der Waals surface area contributed by atoms with Crippen LogP contribution < -0.4 is 10.1 Å². The van der Waals surface area contributed by atoms with Crippen molar-refractivity contribution >= 4 is 34.0 Å². The van der Waals surface area contributed by atoms with Gasteiger partial charge < -0.3 is 14.6 Å². The molecule has 7 nitrogen and oxygen atoms in total. The van der Waals surface area contributed by atoms with Crippen LogP contribution in [0.25, 0.3) is 0 Å². The molecule has 0 saturated carbocycles. The average molecular weight is 510 g/mol. The summed E-state index contributed by atoms with van der Waals surface area (Å²) >= 11 is 2.87. The van der Waals surface area contributed by atoms with Gasteiger partial charge in [0.1, 0.15) is 23.4 Å². The van der Waals surface area contributed by atoms with Gasteiger partial charge >= 0.3 is 0 Å². The predicted molar refractivity (Wildman–Crippen MR) is 140 cm³/mol. The largest absolute Gasteiger partial charge is 0.486 e. The Labute approximate surface area is 214 Å². The number of aromatic nitrogens is 3. The van der Waals surface area contributed by atoms with E-state index in [1.165, 1.54) is 22.2 Å². The first kappa shape index (κ1) is 25.3. The topological polar surface area (TPSA) is 92.8 Å². The van der Waals surface area contributed by atoms with E-state index in [0.29, 0.717) is 34.1 Å². The molecule has 3 aromatic rings. The molecule has 1 atom stereocenters. The molecule has 4 rings (SSSR count). The Kier molecular flexibility index (Phi) is 7.53. The highest BCUT2D eigenvalue weighted by molar-refractivity contribution is 7.99. The van der Waals surface area contributed by atoms with Crippen LogP contribution in [-0.4, -0.2) is 26.4 Å². The maximum absolute atomic E-state index is 12.7. The van der Waals surface area contributed by atoms with E-state index < -0.39 is 0 Å². The highest BCUT2D eigenvalue weighted by Crippen LogP contribution is 2.44. The second-order valence-electron chi connectivity index (χ2n) is 10.0. The lowest BCUT2D eigenvalue weighted by Crippen LogP contribution is -2.26. The van der Waals surface area contributed by atoms with Gasteiger partial charge in [0.15, 0.2) is 11.0 Å². The van der Waals surface area contributed by atoms with Crippen LogP contribution in [0, 0.1) is 29.6 Å². The smallest absolute Gasteiger partial charge is 0.235 e. The first-order chi connectivity index (χ1) is 16.7. The van der Waals surface area contributed by atoms with Gasteiger partial charge in [-0.3, -0.25) is 4.79 Å². The fourth-order valence-corrected chi connectivity index (χ4v) is 6.23. The summed E-state index contributed by atoms with van der Waals surface area (Å²) < 4.78 is 7.64. The van der Waals surface area contributed by atoms with E-state index in [1.807, 2.05) is 42.8 Å². The molecular weight excluding hydrogens is 478 g/mol. The van der Waals surface area contributed by atoms with Crippen LogP contribution in [0.2, 0.25) is 0 Å². The lowest BCUT2D eigenvalue weighted by molar-refractivity contribution is -0.113. The monoisotopic (exact) mass is 509 g/mol. The zero-order valence-electron chi connectivity index (χ0n) is 20.8. The Morgan fingerprint density at radius 2 is 2.06 bits per heavy atom. The Morgan fingerprint density at radius 3 is 2.74 bits per heavy atom. The molecule has 1 unspecified atom stereocenters. The molecule has 1 N–H and O–H groups in total. The molecule has 0 bridgehead atoms. The Bertz CT molecular complexity index is 1250. The number of rotatable bonds is 7. The minimum atomic E-state index is -0.155. The number of ether oxygens (including phenoxy) is 1. The standard InChI is InChI=1S/C26H31N5O2S2/c1-16-6-9-18(10-7-16)33-14-22-29-30-25(31(22)5)34-15-23(32)28-24-20(13-27)19-11-8-17(26(2,3)4)12-21(19)35-24/h6-7,9-10,17H,8,11-12,14-15H2,1-5H3,(H,28,32). The predicted octanol–water partition coefficient (Wildman–Crippen LogP) is 5.52. The van der Waals surface area contributed by atoms with Gasteiger partial charge in [0, 0.05) is 11.9 Å². The number of anilines is 1. The summed E-state index contributed by atoms with van der Waals surface area (Å²) in [5.41, 5.74) is 3.15. The summed E-state index contributed by atoms with van der Waals surface area (Å²) in [4.78, 5) is 14.0. The molecule has 1 aromatic carbocycles. The van der Waals surface area contributed by atoms with Crippen LogP contribution in [0.4, 0.5) is 5.00 Å². The number of thioether (sulfide) groups is 1. The van der Waals surface area contributed by atoms with E-state index in [-0.39, 0.29) is 17.1 Å². The molecule has 2 heterocycles. The van der Waals surface area contributed by atoms with E-state index in [4.69, 9.17) is 4.74 Å². The number of nitrogens with one attached hydrogen (secondary N) is 1. The van der Waals surface area contributed by atoms with Crippen molar-refractivity contribution < 1.29 is 9.53 Å². The van der Waals surface area contributed by atoms with Crippen LogP contribution >= 0.6 is 23.1 Å². The van der Waals surface area contributed by atoms with E-state index in [9.17, 15) is 10.1 Å². The summed E-state index contributed by atoms with van der Waals surface area (Å²) in [6.07, 6.45) is 2.94. The minimum Gasteiger partial charge on any atom is -0.486 e. The normalized spacial score (nSPS) is 15.4. The Morgan fingerprint density at radius 1 is 1.31 bits per heavy atom.